The maximum absolute atomic E-state index is 12.0. The molecule has 1 saturated carbocycles. The van der Waals surface area contributed by atoms with E-state index < -0.39 is 12.1 Å². The van der Waals surface area contributed by atoms with E-state index in [4.69, 9.17) is 15.6 Å². The zero-order valence-electron chi connectivity index (χ0n) is 11.1. The fourth-order valence-corrected chi connectivity index (χ4v) is 2.97. The van der Waals surface area contributed by atoms with Crippen molar-refractivity contribution in [1.29, 1.82) is 0 Å². The van der Waals surface area contributed by atoms with E-state index in [-0.39, 0.29) is 12.1 Å². The topological polar surface area (TPSA) is 92.9 Å². The summed E-state index contributed by atoms with van der Waals surface area (Å²) >= 11 is 0. The number of likely N-dealkylation sites (tertiary alicyclic amines) is 1. The van der Waals surface area contributed by atoms with Gasteiger partial charge in [-0.1, -0.05) is 0 Å². The Bertz CT molecular complexity index is 340. The van der Waals surface area contributed by atoms with Crippen LogP contribution in [0.1, 0.15) is 38.5 Å². The Labute approximate surface area is 112 Å². The number of nitrogens with two attached hydrogens (primary N) is 1. The summed E-state index contributed by atoms with van der Waals surface area (Å²) in [4.78, 5) is 24.2. The van der Waals surface area contributed by atoms with Gasteiger partial charge in [0.05, 0.1) is 0 Å². The van der Waals surface area contributed by atoms with E-state index in [1.54, 1.807) is 0 Å². The van der Waals surface area contributed by atoms with Crippen molar-refractivity contribution in [2.45, 2.75) is 50.7 Å². The van der Waals surface area contributed by atoms with E-state index in [1.807, 2.05) is 0 Å². The van der Waals surface area contributed by atoms with Gasteiger partial charge in [-0.15, -0.1) is 0 Å². The lowest BCUT2D eigenvalue weighted by Crippen LogP contribution is -2.42. The number of nitrogens with zero attached hydrogens (tertiary/aromatic N) is 1. The van der Waals surface area contributed by atoms with Crippen LogP contribution in [0.15, 0.2) is 0 Å². The van der Waals surface area contributed by atoms with Gasteiger partial charge in [0.2, 0.25) is 0 Å². The molecule has 1 amide bonds. The van der Waals surface area contributed by atoms with Crippen LogP contribution in [0.25, 0.3) is 0 Å². The van der Waals surface area contributed by atoms with Gasteiger partial charge in [-0.05, 0) is 51.0 Å². The zero-order valence-corrected chi connectivity index (χ0v) is 11.1. The maximum Gasteiger partial charge on any atom is 0.408 e. The summed E-state index contributed by atoms with van der Waals surface area (Å²) in [6.07, 6.45) is 3.86. The Hall–Kier alpha value is -1.30. The van der Waals surface area contributed by atoms with Crippen LogP contribution in [-0.4, -0.2) is 47.3 Å². The van der Waals surface area contributed by atoms with Crippen molar-refractivity contribution in [3.8, 4) is 0 Å². The van der Waals surface area contributed by atoms with Gasteiger partial charge in [0, 0.05) is 6.54 Å². The average Bonchev–Trinajstić information content (AvgIpc) is 2.89. The third-order valence-corrected chi connectivity index (χ3v) is 4.18. The summed E-state index contributed by atoms with van der Waals surface area (Å²) in [7, 11) is 0. The van der Waals surface area contributed by atoms with Crippen LogP contribution in [-0.2, 0) is 9.53 Å². The van der Waals surface area contributed by atoms with Gasteiger partial charge in [0.15, 0.2) is 0 Å². The molecule has 0 aromatic heterocycles. The van der Waals surface area contributed by atoms with Crippen LogP contribution < -0.4 is 5.73 Å². The number of hydrogen-bond donors (Lipinski definition) is 2. The molecule has 2 fully saturated rings. The first-order chi connectivity index (χ1) is 9.11. The Morgan fingerprint density at radius 2 is 1.89 bits per heavy atom. The summed E-state index contributed by atoms with van der Waals surface area (Å²) in [5.74, 6) is 0.160. The SMILES string of the molecule is NCC1CCC(OC(=O)[C@@H]2CCCN2C(=O)O)CC1. The lowest BCUT2D eigenvalue weighted by Gasteiger charge is -2.29. The van der Waals surface area contributed by atoms with E-state index in [0.717, 1.165) is 32.1 Å². The highest BCUT2D eigenvalue weighted by atomic mass is 16.5. The Morgan fingerprint density at radius 1 is 1.21 bits per heavy atom. The monoisotopic (exact) mass is 270 g/mol. The number of carbonyl (C=O) groups excluding carboxylic acids is 1. The Kier molecular flexibility index (Phi) is 4.63. The molecule has 6 heteroatoms. The van der Waals surface area contributed by atoms with Gasteiger partial charge in [0.1, 0.15) is 12.1 Å². The molecule has 0 spiro atoms. The van der Waals surface area contributed by atoms with Crippen molar-refractivity contribution in [2.75, 3.05) is 13.1 Å². The van der Waals surface area contributed by atoms with Crippen molar-refractivity contribution in [3.63, 3.8) is 0 Å². The highest BCUT2D eigenvalue weighted by Gasteiger charge is 2.36. The summed E-state index contributed by atoms with van der Waals surface area (Å²) in [6.45, 7) is 1.12. The van der Waals surface area contributed by atoms with Crippen LogP contribution in [0.4, 0.5) is 4.79 Å². The second-order valence-corrected chi connectivity index (χ2v) is 5.45. The maximum atomic E-state index is 12.0. The van der Waals surface area contributed by atoms with E-state index >= 15 is 0 Å². The average molecular weight is 270 g/mol. The number of ether oxygens (including phenoxy) is 1. The molecule has 0 unspecified atom stereocenters. The van der Waals surface area contributed by atoms with Gasteiger partial charge < -0.3 is 15.6 Å². The molecule has 19 heavy (non-hydrogen) atoms. The third-order valence-electron chi connectivity index (χ3n) is 4.18. The van der Waals surface area contributed by atoms with Crippen LogP contribution in [0.5, 0.6) is 0 Å². The number of hydrogen-bond acceptors (Lipinski definition) is 4. The number of esters is 1. The molecule has 2 aliphatic rings. The standard InChI is InChI=1S/C13H22N2O4/c14-8-9-3-5-10(6-4-9)19-12(16)11-2-1-7-15(11)13(17)18/h9-11H,1-8,14H2,(H,17,18)/t9?,10?,11-/m0/s1. The fourth-order valence-electron chi connectivity index (χ4n) is 2.97. The lowest BCUT2D eigenvalue weighted by atomic mass is 9.87. The van der Waals surface area contributed by atoms with Crippen molar-refractivity contribution in [3.05, 3.63) is 0 Å². The first-order valence-electron chi connectivity index (χ1n) is 7.02. The van der Waals surface area contributed by atoms with Crippen molar-refractivity contribution in [2.24, 2.45) is 11.7 Å². The quantitative estimate of drug-likeness (QED) is 0.751. The molecule has 0 bridgehead atoms. The number of carboxylic acid groups (broad SMARTS) is 1. The molecule has 1 heterocycles. The van der Waals surface area contributed by atoms with Gasteiger partial charge in [-0.3, -0.25) is 4.90 Å². The number of amides is 1. The molecule has 0 aromatic carbocycles. The smallest absolute Gasteiger partial charge is 0.408 e. The van der Waals surface area contributed by atoms with Gasteiger partial charge in [0.25, 0.3) is 0 Å². The molecule has 3 N–H and O–H groups in total. The molecule has 108 valence electrons. The predicted octanol–water partition coefficient (Wildman–Crippen LogP) is 1.19. The minimum absolute atomic E-state index is 0.0634. The first-order valence-corrected chi connectivity index (χ1v) is 7.02. The second kappa shape index (κ2) is 6.23. The molecule has 2 rings (SSSR count). The molecular weight excluding hydrogens is 248 g/mol. The largest absolute Gasteiger partial charge is 0.465 e. The number of rotatable bonds is 3. The minimum Gasteiger partial charge on any atom is -0.465 e. The van der Waals surface area contributed by atoms with Gasteiger partial charge >= 0.3 is 12.1 Å². The fraction of sp³-hybridized carbons (Fsp3) is 0.846. The van der Waals surface area contributed by atoms with Crippen LogP contribution in [0, 0.1) is 5.92 Å². The molecule has 1 atom stereocenters. The van der Waals surface area contributed by atoms with Gasteiger partial charge in [-0.2, -0.15) is 0 Å². The van der Waals surface area contributed by atoms with Crippen molar-refractivity contribution >= 4 is 12.1 Å². The summed E-state index contributed by atoms with van der Waals surface area (Å²) < 4.78 is 5.46. The Morgan fingerprint density at radius 3 is 2.47 bits per heavy atom. The molecule has 0 aromatic rings. The van der Waals surface area contributed by atoms with E-state index in [0.29, 0.717) is 25.4 Å². The van der Waals surface area contributed by atoms with Gasteiger partial charge in [-0.25, -0.2) is 9.59 Å². The zero-order chi connectivity index (χ0) is 13.8. The summed E-state index contributed by atoms with van der Waals surface area (Å²) in [5, 5.41) is 9.01. The van der Waals surface area contributed by atoms with Crippen LogP contribution in [0.2, 0.25) is 0 Å². The molecular formula is C13H22N2O4. The molecule has 1 saturated heterocycles. The van der Waals surface area contributed by atoms with Crippen LogP contribution >= 0.6 is 0 Å². The normalized spacial score (nSPS) is 31.2. The molecule has 1 aliphatic heterocycles. The van der Waals surface area contributed by atoms with Crippen LogP contribution in [0.3, 0.4) is 0 Å². The molecule has 0 radical (unpaired) electrons. The molecule has 1 aliphatic carbocycles. The Balaban J connectivity index is 1.82. The number of carbonyl (C=O) groups is 2. The third kappa shape index (κ3) is 3.37. The summed E-state index contributed by atoms with van der Waals surface area (Å²) in [6, 6.07) is -0.607. The van der Waals surface area contributed by atoms with E-state index in [9.17, 15) is 9.59 Å². The van der Waals surface area contributed by atoms with E-state index in [2.05, 4.69) is 0 Å². The predicted molar refractivity (Wildman–Crippen MR) is 68.6 cm³/mol. The van der Waals surface area contributed by atoms with Crippen molar-refractivity contribution < 1.29 is 19.4 Å². The summed E-state index contributed by atoms with van der Waals surface area (Å²) in [5.41, 5.74) is 5.62. The molecule has 6 nitrogen and oxygen atoms in total. The minimum atomic E-state index is -1.04. The van der Waals surface area contributed by atoms with Crippen molar-refractivity contribution in [1.82, 2.24) is 4.90 Å². The second-order valence-electron chi connectivity index (χ2n) is 5.45. The lowest BCUT2D eigenvalue weighted by molar-refractivity contribution is -0.155. The first kappa shape index (κ1) is 14.1. The highest BCUT2D eigenvalue weighted by molar-refractivity contribution is 5.81. The highest BCUT2D eigenvalue weighted by Crippen LogP contribution is 2.27. The van der Waals surface area contributed by atoms with E-state index in [1.165, 1.54) is 4.90 Å².